The van der Waals surface area contributed by atoms with Gasteiger partial charge in [0.1, 0.15) is 5.75 Å². The highest BCUT2D eigenvalue weighted by molar-refractivity contribution is 9.10. The van der Waals surface area contributed by atoms with Crippen molar-refractivity contribution in [1.29, 1.82) is 0 Å². The summed E-state index contributed by atoms with van der Waals surface area (Å²) < 4.78 is 7.32. The van der Waals surface area contributed by atoms with E-state index in [4.69, 9.17) is 4.74 Å². The molecule has 0 spiro atoms. The molecule has 0 aliphatic rings. The first-order chi connectivity index (χ1) is 13.0. The first-order valence-electron chi connectivity index (χ1n) is 8.27. The molecule has 2 aromatic rings. The summed E-state index contributed by atoms with van der Waals surface area (Å²) in [6.45, 7) is 2.44. The van der Waals surface area contributed by atoms with Crippen molar-refractivity contribution in [3.8, 4) is 5.75 Å². The quantitative estimate of drug-likeness (QED) is 0.430. The summed E-state index contributed by atoms with van der Waals surface area (Å²) in [5, 5.41) is 6.48. The maximum Gasteiger partial charge on any atom is 0.259 e. The summed E-state index contributed by atoms with van der Waals surface area (Å²) in [6, 6.07) is 12.5. The van der Waals surface area contributed by atoms with Crippen molar-refractivity contribution >= 4 is 49.9 Å². The molecule has 0 aromatic heterocycles. The van der Waals surface area contributed by atoms with Crippen LogP contribution in [0, 0.1) is 0 Å². The molecule has 142 valence electrons. The van der Waals surface area contributed by atoms with Crippen molar-refractivity contribution in [2.24, 2.45) is 5.10 Å². The molecule has 6 nitrogen and oxygen atoms in total. The van der Waals surface area contributed by atoms with Gasteiger partial charge in [0, 0.05) is 20.1 Å². The summed E-state index contributed by atoms with van der Waals surface area (Å²) in [6.07, 6.45) is 2.39. The van der Waals surface area contributed by atoms with Crippen LogP contribution in [0.5, 0.6) is 5.75 Å². The number of halogens is 2. The molecule has 27 heavy (non-hydrogen) atoms. The molecule has 0 atom stereocenters. The molecular weight excluding hydrogens is 478 g/mol. The van der Waals surface area contributed by atoms with Gasteiger partial charge in [0.05, 0.1) is 19.4 Å². The fourth-order valence-corrected chi connectivity index (χ4v) is 2.85. The maximum absolute atomic E-state index is 12.0. The molecule has 0 saturated heterocycles. The fraction of sp³-hybridized carbons (Fsp3) is 0.211. The Labute approximate surface area is 174 Å². The highest BCUT2D eigenvalue weighted by Gasteiger charge is 2.08. The number of ether oxygens (including phenoxy) is 1. The first kappa shape index (κ1) is 21.1. The molecule has 2 N–H and O–H groups in total. The zero-order chi connectivity index (χ0) is 19.6. The second kappa shape index (κ2) is 10.8. The molecule has 0 heterocycles. The average Bonchev–Trinajstić information content (AvgIpc) is 2.65. The number of benzene rings is 2. The molecule has 2 amide bonds. The lowest BCUT2D eigenvalue weighted by Gasteiger charge is -2.08. The SMILES string of the molecule is CCCOc1ccc(Br)cc1/C=N\NC(=O)CNC(=O)c1cccc(Br)c1. The van der Waals surface area contributed by atoms with Gasteiger partial charge in [0.15, 0.2) is 0 Å². The molecule has 0 unspecified atom stereocenters. The zero-order valence-corrected chi connectivity index (χ0v) is 17.8. The molecule has 0 radical (unpaired) electrons. The second-order valence-electron chi connectivity index (χ2n) is 5.52. The topological polar surface area (TPSA) is 79.8 Å². The Hall–Kier alpha value is -2.19. The van der Waals surface area contributed by atoms with Crippen molar-refractivity contribution in [1.82, 2.24) is 10.7 Å². The smallest absolute Gasteiger partial charge is 0.259 e. The van der Waals surface area contributed by atoms with Gasteiger partial charge in [-0.2, -0.15) is 5.10 Å². The van der Waals surface area contributed by atoms with Crippen LogP contribution in [0.4, 0.5) is 0 Å². The van der Waals surface area contributed by atoms with Crippen molar-refractivity contribution in [2.75, 3.05) is 13.2 Å². The fourth-order valence-electron chi connectivity index (χ4n) is 2.07. The minimum Gasteiger partial charge on any atom is -0.493 e. The van der Waals surface area contributed by atoms with E-state index in [0.717, 1.165) is 20.9 Å². The van der Waals surface area contributed by atoms with Crippen LogP contribution in [0.25, 0.3) is 0 Å². The maximum atomic E-state index is 12.0. The lowest BCUT2D eigenvalue weighted by atomic mass is 10.2. The molecule has 0 bridgehead atoms. The summed E-state index contributed by atoms with van der Waals surface area (Å²) in [5.41, 5.74) is 3.59. The predicted octanol–water partition coefficient (Wildman–Crippen LogP) is 3.88. The standard InChI is InChI=1S/C19H19Br2N3O3/c1-2-8-27-17-7-6-16(21)10-14(17)11-23-24-18(25)12-22-19(26)13-4-3-5-15(20)9-13/h3-7,9-11H,2,8,12H2,1H3,(H,22,26)(H,24,25)/b23-11-. The normalized spacial score (nSPS) is 10.6. The minimum atomic E-state index is -0.430. The molecule has 8 heteroatoms. The van der Waals surface area contributed by atoms with Crippen molar-refractivity contribution < 1.29 is 14.3 Å². The van der Waals surface area contributed by atoms with Gasteiger partial charge in [0.25, 0.3) is 11.8 Å². The van der Waals surface area contributed by atoms with E-state index in [0.29, 0.717) is 17.9 Å². The number of amides is 2. The van der Waals surface area contributed by atoms with Crippen molar-refractivity contribution in [2.45, 2.75) is 13.3 Å². The Balaban J connectivity index is 1.88. The van der Waals surface area contributed by atoms with Crippen LogP contribution >= 0.6 is 31.9 Å². The number of carbonyl (C=O) groups is 2. The lowest BCUT2D eigenvalue weighted by Crippen LogP contribution is -2.34. The van der Waals surface area contributed by atoms with Gasteiger partial charge in [-0.1, -0.05) is 44.8 Å². The Morgan fingerprint density at radius 2 is 1.93 bits per heavy atom. The van der Waals surface area contributed by atoms with E-state index < -0.39 is 5.91 Å². The molecular formula is C19H19Br2N3O3. The number of carbonyl (C=O) groups excluding carboxylic acids is 2. The summed E-state index contributed by atoms with van der Waals surface area (Å²) >= 11 is 6.70. The van der Waals surface area contributed by atoms with Crippen LogP contribution in [0.15, 0.2) is 56.5 Å². The van der Waals surface area contributed by atoms with Crippen LogP contribution in [0.3, 0.4) is 0 Å². The van der Waals surface area contributed by atoms with E-state index in [1.165, 1.54) is 6.21 Å². The Bertz CT molecular complexity index is 841. The Morgan fingerprint density at radius 3 is 2.67 bits per heavy atom. The van der Waals surface area contributed by atoms with Crippen LogP contribution in [-0.2, 0) is 4.79 Å². The Kier molecular flexibility index (Phi) is 8.47. The number of nitrogens with one attached hydrogen (secondary N) is 2. The first-order valence-corrected chi connectivity index (χ1v) is 9.86. The van der Waals surface area contributed by atoms with Crippen molar-refractivity contribution in [3.05, 3.63) is 62.5 Å². The Morgan fingerprint density at radius 1 is 1.15 bits per heavy atom. The van der Waals surface area contributed by atoms with Crippen LogP contribution in [-0.4, -0.2) is 31.2 Å². The van der Waals surface area contributed by atoms with E-state index in [1.807, 2.05) is 31.2 Å². The van der Waals surface area contributed by atoms with Crippen molar-refractivity contribution in [3.63, 3.8) is 0 Å². The third kappa shape index (κ3) is 7.15. The highest BCUT2D eigenvalue weighted by atomic mass is 79.9. The number of nitrogens with zero attached hydrogens (tertiary/aromatic N) is 1. The van der Waals surface area contributed by atoms with Gasteiger partial charge in [0.2, 0.25) is 0 Å². The van der Waals surface area contributed by atoms with E-state index in [2.05, 4.69) is 47.7 Å². The highest BCUT2D eigenvalue weighted by Crippen LogP contribution is 2.22. The molecule has 0 fully saturated rings. The molecule has 0 saturated carbocycles. The summed E-state index contributed by atoms with van der Waals surface area (Å²) in [4.78, 5) is 23.9. The van der Waals surface area contributed by atoms with Crippen LogP contribution < -0.4 is 15.5 Å². The van der Waals surface area contributed by atoms with Gasteiger partial charge in [-0.25, -0.2) is 5.43 Å². The molecule has 2 aromatic carbocycles. The zero-order valence-electron chi connectivity index (χ0n) is 14.7. The lowest BCUT2D eigenvalue weighted by molar-refractivity contribution is -0.120. The van der Waals surface area contributed by atoms with Gasteiger partial charge in [-0.05, 0) is 42.8 Å². The van der Waals surface area contributed by atoms with Crippen LogP contribution in [0.2, 0.25) is 0 Å². The largest absolute Gasteiger partial charge is 0.493 e. The third-order valence-corrected chi connectivity index (χ3v) is 4.31. The van der Waals surface area contributed by atoms with Gasteiger partial charge >= 0.3 is 0 Å². The van der Waals surface area contributed by atoms with E-state index in [-0.39, 0.29) is 12.5 Å². The molecule has 0 aliphatic carbocycles. The summed E-state index contributed by atoms with van der Waals surface area (Å²) in [5.74, 6) is -0.0840. The van der Waals surface area contributed by atoms with Gasteiger partial charge in [-0.3, -0.25) is 9.59 Å². The molecule has 2 rings (SSSR count). The predicted molar refractivity (Wildman–Crippen MR) is 112 cm³/mol. The second-order valence-corrected chi connectivity index (χ2v) is 7.35. The molecule has 0 aliphatic heterocycles. The average molecular weight is 497 g/mol. The monoisotopic (exact) mass is 495 g/mol. The van der Waals surface area contributed by atoms with E-state index in [1.54, 1.807) is 18.2 Å². The number of hydrogen-bond donors (Lipinski definition) is 2. The van der Waals surface area contributed by atoms with Gasteiger partial charge < -0.3 is 10.1 Å². The summed E-state index contributed by atoms with van der Waals surface area (Å²) in [7, 11) is 0. The van der Waals surface area contributed by atoms with Crippen LogP contribution in [0.1, 0.15) is 29.3 Å². The minimum absolute atomic E-state index is 0.180. The number of hydrogen-bond acceptors (Lipinski definition) is 4. The number of rotatable bonds is 8. The van der Waals surface area contributed by atoms with E-state index >= 15 is 0 Å². The number of hydrazone groups is 1. The van der Waals surface area contributed by atoms with Gasteiger partial charge in [-0.15, -0.1) is 0 Å². The third-order valence-electron chi connectivity index (χ3n) is 3.32. The van der Waals surface area contributed by atoms with E-state index in [9.17, 15) is 9.59 Å².